The van der Waals surface area contributed by atoms with Gasteiger partial charge in [0.05, 0.1) is 0 Å². The zero-order chi connectivity index (χ0) is 15.4. The van der Waals surface area contributed by atoms with Crippen LogP contribution in [0, 0.1) is 0 Å². The molecule has 0 fully saturated rings. The van der Waals surface area contributed by atoms with Crippen LogP contribution in [-0.4, -0.2) is 40.0 Å². The van der Waals surface area contributed by atoms with E-state index in [9.17, 15) is 14.4 Å². The Morgan fingerprint density at radius 1 is 1.33 bits per heavy atom. The summed E-state index contributed by atoms with van der Waals surface area (Å²) in [6, 6.07) is 1.64. The topological polar surface area (TPSA) is 90.5 Å². The molecule has 0 aromatic carbocycles. The quantitative estimate of drug-likeness (QED) is 0.853. The molecule has 1 aromatic rings. The SMILES string of the molecule is CCCN(CC(=O)O)C(=O)c1cc2c([nH]c1=O)CCCC2. The fourth-order valence-electron chi connectivity index (χ4n) is 2.69. The van der Waals surface area contributed by atoms with Crippen molar-refractivity contribution in [2.75, 3.05) is 13.1 Å². The molecule has 0 spiro atoms. The van der Waals surface area contributed by atoms with Gasteiger partial charge in [-0.2, -0.15) is 0 Å². The zero-order valence-corrected chi connectivity index (χ0v) is 12.1. The highest BCUT2D eigenvalue weighted by Gasteiger charge is 2.22. The Balaban J connectivity index is 2.32. The van der Waals surface area contributed by atoms with E-state index < -0.39 is 17.4 Å². The molecule has 0 saturated carbocycles. The third kappa shape index (κ3) is 3.51. The number of nitrogens with one attached hydrogen (secondary N) is 1. The van der Waals surface area contributed by atoms with Crippen LogP contribution in [0.5, 0.6) is 0 Å². The molecule has 0 unspecified atom stereocenters. The Morgan fingerprint density at radius 2 is 2.05 bits per heavy atom. The molecule has 0 saturated heterocycles. The molecule has 1 aromatic heterocycles. The van der Waals surface area contributed by atoms with Gasteiger partial charge in [0.1, 0.15) is 12.1 Å². The molecular weight excluding hydrogens is 272 g/mol. The number of carbonyl (C=O) groups is 2. The van der Waals surface area contributed by atoms with E-state index in [2.05, 4.69) is 4.98 Å². The van der Waals surface area contributed by atoms with Gasteiger partial charge < -0.3 is 15.0 Å². The van der Waals surface area contributed by atoms with Crippen molar-refractivity contribution < 1.29 is 14.7 Å². The van der Waals surface area contributed by atoms with Crippen LogP contribution in [0.25, 0.3) is 0 Å². The minimum absolute atomic E-state index is 0.0466. The van der Waals surface area contributed by atoms with E-state index in [-0.39, 0.29) is 12.1 Å². The van der Waals surface area contributed by atoms with Gasteiger partial charge in [-0.25, -0.2) is 0 Å². The lowest BCUT2D eigenvalue weighted by atomic mass is 9.95. The minimum atomic E-state index is -1.08. The second-order valence-electron chi connectivity index (χ2n) is 5.34. The first-order valence-corrected chi connectivity index (χ1v) is 7.29. The predicted molar refractivity (Wildman–Crippen MR) is 77.5 cm³/mol. The predicted octanol–water partition coefficient (Wildman–Crippen LogP) is 1.19. The molecule has 0 radical (unpaired) electrons. The number of aromatic amines is 1. The number of carbonyl (C=O) groups excluding carboxylic acids is 1. The minimum Gasteiger partial charge on any atom is -0.480 e. The van der Waals surface area contributed by atoms with Crippen molar-refractivity contribution in [3.8, 4) is 0 Å². The summed E-state index contributed by atoms with van der Waals surface area (Å²) < 4.78 is 0. The average molecular weight is 292 g/mol. The number of rotatable bonds is 5. The van der Waals surface area contributed by atoms with Crippen LogP contribution >= 0.6 is 0 Å². The summed E-state index contributed by atoms with van der Waals surface area (Å²) in [5.41, 5.74) is 1.52. The van der Waals surface area contributed by atoms with Crippen molar-refractivity contribution in [2.45, 2.75) is 39.0 Å². The Hall–Kier alpha value is -2.11. The first-order chi connectivity index (χ1) is 10.0. The van der Waals surface area contributed by atoms with Crippen LogP contribution in [0.4, 0.5) is 0 Å². The van der Waals surface area contributed by atoms with E-state index in [4.69, 9.17) is 5.11 Å². The number of amides is 1. The first-order valence-electron chi connectivity index (χ1n) is 7.29. The maximum absolute atomic E-state index is 12.4. The average Bonchev–Trinajstić information content (AvgIpc) is 2.45. The summed E-state index contributed by atoms with van der Waals surface area (Å²) in [7, 11) is 0. The number of carboxylic acid groups (broad SMARTS) is 1. The molecule has 0 bridgehead atoms. The van der Waals surface area contributed by atoms with E-state index in [1.807, 2.05) is 6.92 Å². The van der Waals surface area contributed by atoms with Crippen molar-refractivity contribution >= 4 is 11.9 Å². The van der Waals surface area contributed by atoms with Crippen molar-refractivity contribution in [3.05, 3.63) is 33.2 Å². The molecule has 6 heteroatoms. The number of aliphatic carboxylic acids is 1. The summed E-state index contributed by atoms with van der Waals surface area (Å²) in [6.45, 7) is 1.80. The molecular formula is C15H20N2O4. The maximum Gasteiger partial charge on any atom is 0.323 e. The third-order valence-electron chi connectivity index (χ3n) is 3.68. The van der Waals surface area contributed by atoms with Gasteiger partial charge in [0, 0.05) is 12.2 Å². The second kappa shape index (κ2) is 6.56. The van der Waals surface area contributed by atoms with E-state index in [1.54, 1.807) is 6.07 Å². The number of hydrogen-bond acceptors (Lipinski definition) is 3. The highest BCUT2D eigenvalue weighted by molar-refractivity contribution is 5.95. The van der Waals surface area contributed by atoms with Gasteiger partial charge in [-0.3, -0.25) is 14.4 Å². The van der Waals surface area contributed by atoms with E-state index in [0.717, 1.165) is 36.9 Å². The Morgan fingerprint density at radius 3 is 2.71 bits per heavy atom. The van der Waals surface area contributed by atoms with Gasteiger partial charge in [0.25, 0.3) is 11.5 Å². The molecule has 1 aliphatic rings. The highest BCUT2D eigenvalue weighted by Crippen LogP contribution is 2.19. The van der Waals surface area contributed by atoms with Crippen LogP contribution in [0.15, 0.2) is 10.9 Å². The Bertz CT molecular complexity index is 606. The monoisotopic (exact) mass is 292 g/mol. The fraction of sp³-hybridized carbons (Fsp3) is 0.533. The van der Waals surface area contributed by atoms with Gasteiger partial charge in [-0.05, 0) is 43.7 Å². The summed E-state index contributed by atoms with van der Waals surface area (Å²) in [6.07, 6.45) is 4.39. The normalized spacial score (nSPS) is 13.6. The molecule has 114 valence electrons. The molecule has 0 atom stereocenters. The lowest BCUT2D eigenvalue weighted by molar-refractivity contribution is -0.137. The lowest BCUT2D eigenvalue weighted by Gasteiger charge is -2.21. The van der Waals surface area contributed by atoms with Gasteiger partial charge in [-0.15, -0.1) is 0 Å². The summed E-state index contributed by atoms with van der Waals surface area (Å²) in [5, 5.41) is 8.89. The van der Waals surface area contributed by atoms with Gasteiger partial charge in [-0.1, -0.05) is 6.92 Å². The number of H-pyrrole nitrogens is 1. The van der Waals surface area contributed by atoms with Crippen LogP contribution in [-0.2, 0) is 17.6 Å². The molecule has 0 aliphatic heterocycles. The third-order valence-corrected chi connectivity index (χ3v) is 3.68. The molecule has 1 heterocycles. The smallest absolute Gasteiger partial charge is 0.323 e. The van der Waals surface area contributed by atoms with Gasteiger partial charge >= 0.3 is 5.97 Å². The molecule has 6 nitrogen and oxygen atoms in total. The standard InChI is InChI=1S/C15H20N2O4/c1-2-7-17(9-13(18)19)15(21)11-8-10-5-3-4-6-12(10)16-14(11)20/h8H,2-7,9H2,1H3,(H,16,20)(H,18,19). The van der Waals surface area contributed by atoms with Gasteiger partial charge in [0.2, 0.25) is 0 Å². The van der Waals surface area contributed by atoms with E-state index >= 15 is 0 Å². The maximum atomic E-state index is 12.4. The van der Waals surface area contributed by atoms with Crippen molar-refractivity contribution in [1.29, 1.82) is 0 Å². The van der Waals surface area contributed by atoms with E-state index in [1.165, 1.54) is 4.90 Å². The van der Waals surface area contributed by atoms with Crippen molar-refractivity contribution in [3.63, 3.8) is 0 Å². The molecule has 21 heavy (non-hydrogen) atoms. The first kappa shape index (κ1) is 15.3. The van der Waals surface area contributed by atoms with Crippen LogP contribution in [0.3, 0.4) is 0 Å². The lowest BCUT2D eigenvalue weighted by Crippen LogP contribution is -2.39. The molecule has 1 aliphatic carbocycles. The Kier molecular flexibility index (Phi) is 4.77. The van der Waals surface area contributed by atoms with Crippen molar-refractivity contribution in [2.24, 2.45) is 0 Å². The number of fused-ring (bicyclic) bond motifs is 1. The number of nitrogens with zero attached hydrogens (tertiary/aromatic N) is 1. The summed E-state index contributed by atoms with van der Waals surface area (Å²) in [4.78, 5) is 39.3. The molecule has 2 rings (SSSR count). The summed E-state index contributed by atoms with van der Waals surface area (Å²) >= 11 is 0. The second-order valence-corrected chi connectivity index (χ2v) is 5.34. The number of carboxylic acids is 1. The molecule has 1 amide bonds. The fourth-order valence-corrected chi connectivity index (χ4v) is 2.69. The number of pyridine rings is 1. The van der Waals surface area contributed by atoms with Crippen LogP contribution in [0.1, 0.15) is 47.8 Å². The number of hydrogen-bond donors (Lipinski definition) is 2. The molecule has 2 N–H and O–H groups in total. The summed E-state index contributed by atoms with van der Waals surface area (Å²) in [5.74, 6) is -1.58. The van der Waals surface area contributed by atoms with Crippen molar-refractivity contribution in [1.82, 2.24) is 9.88 Å². The highest BCUT2D eigenvalue weighted by atomic mass is 16.4. The van der Waals surface area contributed by atoms with Crippen LogP contribution in [0.2, 0.25) is 0 Å². The zero-order valence-electron chi connectivity index (χ0n) is 12.1. The van der Waals surface area contributed by atoms with E-state index in [0.29, 0.717) is 13.0 Å². The number of aryl methyl sites for hydroxylation is 2. The van der Waals surface area contributed by atoms with Gasteiger partial charge in [0.15, 0.2) is 0 Å². The largest absolute Gasteiger partial charge is 0.480 e. The number of aromatic nitrogens is 1. The Labute approximate surface area is 122 Å². The van der Waals surface area contributed by atoms with Crippen LogP contribution < -0.4 is 5.56 Å².